The van der Waals surface area contributed by atoms with Crippen molar-refractivity contribution in [3.63, 3.8) is 0 Å². The Morgan fingerprint density at radius 2 is 2.31 bits per heavy atom. The Hall–Kier alpha value is -1.13. The number of aromatic nitrogens is 1. The molecule has 1 heterocycles. The normalized spacial score (nSPS) is 12.5. The lowest BCUT2D eigenvalue weighted by atomic mass is 10.1. The van der Waals surface area contributed by atoms with Crippen molar-refractivity contribution >= 4 is 5.82 Å². The quantitative estimate of drug-likeness (QED) is 0.744. The highest BCUT2D eigenvalue weighted by Crippen LogP contribution is 2.21. The van der Waals surface area contributed by atoms with Gasteiger partial charge in [-0.25, -0.2) is 4.98 Å². The smallest absolute Gasteiger partial charge is 0.133 e. The van der Waals surface area contributed by atoms with Crippen LogP contribution in [0, 0.1) is 0 Å². The molecule has 0 amide bonds. The fourth-order valence-corrected chi connectivity index (χ4v) is 1.64. The maximum absolute atomic E-state index is 5.92. The average molecular weight is 223 g/mol. The molecule has 0 fully saturated rings. The molecule has 4 heteroatoms. The molecular weight excluding hydrogens is 202 g/mol. The molecular formula is C12H21N3O. The second kappa shape index (κ2) is 6.45. The number of anilines is 1. The highest BCUT2D eigenvalue weighted by molar-refractivity contribution is 5.47. The highest BCUT2D eigenvalue weighted by atomic mass is 16.5. The molecule has 0 saturated heterocycles. The summed E-state index contributed by atoms with van der Waals surface area (Å²) in [6, 6.07) is 3.96. The van der Waals surface area contributed by atoms with Crippen LogP contribution in [0.3, 0.4) is 0 Å². The van der Waals surface area contributed by atoms with Crippen LogP contribution in [0.5, 0.6) is 0 Å². The number of nitrogens with zero attached hydrogens (tertiary/aromatic N) is 2. The predicted molar refractivity (Wildman–Crippen MR) is 66.6 cm³/mol. The number of pyridine rings is 1. The first-order valence-corrected chi connectivity index (χ1v) is 5.57. The number of hydrogen-bond acceptors (Lipinski definition) is 4. The van der Waals surface area contributed by atoms with Gasteiger partial charge >= 0.3 is 0 Å². The SMILES string of the molecule is COCCCN(C)c1ncccc1C(C)N. The van der Waals surface area contributed by atoms with E-state index >= 15 is 0 Å². The van der Waals surface area contributed by atoms with Gasteiger partial charge in [-0.3, -0.25) is 0 Å². The van der Waals surface area contributed by atoms with E-state index in [1.807, 2.05) is 26.1 Å². The van der Waals surface area contributed by atoms with Crippen LogP contribution in [0.15, 0.2) is 18.3 Å². The van der Waals surface area contributed by atoms with E-state index in [1.165, 1.54) is 0 Å². The Labute approximate surface area is 97.4 Å². The van der Waals surface area contributed by atoms with E-state index in [2.05, 4.69) is 9.88 Å². The minimum absolute atomic E-state index is 0.00794. The maximum atomic E-state index is 5.92. The zero-order valence-electron chi connectivity index (χ0n) is 10.3. The summed E-state index contributed by atoms with van der Waals surface area (Å²) >= 11 is 0. The highest BCUT2D eigenvalue weighted by Gasteiger charge is 2.10. The molecule has 0 saturated carbocycles. The molecule has 0 radical (unpaired) electrons. The largest absolute Gasteiger partial charge is 0.385 e. The monoisotopic (exact) mass is 223 g/mol. The van der Waals surface area contributed by atoms with Crippen LogP contribution in [-0.4, -0.2) is 32.3 Å². The van der Waals surface area contributed by atoms with Gasteiger partial charge in [-0.1, -0.05) is 6.07 Å². The van der Waals surface area contributed by atoms with E-state index < -0.39 is 0 Å². The Morgan fingerprint density at radius 3 is 2.94 bits per heavy atom. The fraction of sp³-hybridized carbons (Fsp3) is 0.583. The molecule has 1 rings (SSSR count). The molecule has 16 heavy (non-hydrogen) atoms. The first kappa shape index (κ1) is 12.9. The van der Waals surface area contributed by atoms with E-state index in [4.69, 9.17) is 10.5 Å². The molecule has 0 aliphatic rings. The van der Waals surface area contributed by atoms with Crippen molar-refractivity contribution in [1.29, 1.82) is 0 Å². The zero-order valence-corrected chi connectivity index (χ0v) is 10.3. The van der Waals surface area contributed by atoms with Crippen molar-refractivity contribution in [3.05, 3.63) is 23.9 Å². The van der Waals surface area contributed by atoms with Crippen molar-refractivity contribution in [1.82, 2.24) is 4.98 Å². The topological polar surface area (TPSA) is 51.4 Å². The summed E-state index contributed by atoms with van der Waals surface area (Å²) in [4.78, 5) is 6.51. The van der Waals surface area contributed by atoms with Crippen LogP contribution in [0.25, 0.3) is 0 Å². The Morgan fingerprint density at radius 1 is 1.56 bits per heavy atom. The summed E-state index contributed by atoms with van der Waals surface area (Å²) in [7, 11) is 3.75. The lowest BCUT2D eigenvalue weighted by molar-refractivity contribution is 0.196. The number of nitrogens with two attached hydrogens (primary N) is 1. The third kappa shape index (κ3) is 3.47. The summed E-state index contributed by atoms with van der Waals surface area (Å²) in [5.41, 5.74) is 7.00. The number of rotatable bonds is 6. The third-order valence-electron chi connectivity index (χ3n) is 2.51. The van der Waals surface area contributed by atoms with Crippen LogP contribution in [0.4, 0.5) is 5.82 Å². The number of ether oxygens (including phenoxy) is 1. The average Bonchev–Trinajstić information content (AvgIpc) is 2.29. The van der Waals surface area contributed by atoms with Crippen LogP contribution in [-0.2, 0) is 4.74 Å². The molecule has 0 aliphatic carbocycles. The Balaban J connectivity index is 2.70. The van der Waals surface area contributed by atoms with Gasteiger partial charge in [-0.15, -0.1) is 0 Å². The van der Waals surface area contributed by atoms with E-state index in [1.54, 1.807) is 13.3 Å². The van der Waals surface area contributed by atoms with Gasteiger partial charge in [0.25, 0.3) is 0 Å². The van der Waals surface area contributed by atoms with Gasteiger partial charge in [-0.05, 0) is 19.4 Å². The molecule has 2 N–H and O–H groups in total. The first-order chi connectivity index (χ1) is 7.66. The van der Waals surface area contributed by atoms with Crippen LogP contribution < -0.4 is 10.6 Å². The Bertz CT molecular complexity index is 315. The van der Waals surface area contributed by atoms with E-state index in [9.17, 15) is 0 Å². The minimum atomic E-state index is 0.00794. The molecule has 1 aromatic heterocycles. The first-order valence-electron chi connectivity index (χ1n) is 5.57. The van der Waals surface area contributed by atoms with Crippen LogP contribution >= 0.6 is 0 Å². The number of hydrogen-bond donors (Lipinski definition) is 1. The predicted octanol–water partition coefficient (Wildman–Crippen LogP) is 1.57. The molecule has 1 unspecified atom stereocenters. The second-order valence-electron chi connectivity index (χ2n) is 3.97. The Kier molecular flexibility index (Phi) is 5.22. The standard InChI is InChI=1S/C12H21N3O/c1-10(13)11-6-4-7-14-12(11)15(2)8-5-9-16-3/h4,6-7,10H,5,8-9,13H2,1-3H3. The van der Waals surface area contributed by atoms with Gasteiger partial charge in [0, 0.05) is 45.1 Å². The fourth-order valence-electron chi connectivity index (χ4n) is 1.64. The van der Waals surface area contributed by atoms with Gasteiger partial charge in [0.15, 0.2) is 0 Å². The van der Waals surface area contributed by atoms with Gasteiger partial charge in [-0.2, -0.15) is 0 Å². The van der Waals surface area contributed by atoms with E-state index in [0.29, 0.717) is 0 Å². The van der Waals surface area contributed by atoms with Crippen molar-refractivity contribution in [2.24, 2.45) is 5.73 Å². The molecule has 0 bridgehead atoms. The minimum Gasteiger partial charge on any atom is -0.385 e. The zero-order chi connectivity index (χ0) is 12.0. The molecule has 1 atom stereocenters. The summed E-state index contributed by atoms with van der Waals surface area (Å²) < 4.78 is 5.03. The maximum Gasteiger partial charge on any atom is 0.133 e. The summed E-state index contributed by atoms with van der Waals surface area (Å²) in [5, 5.41) is 0. The van der Waals surface area contributed by atoms with Gasteiger partial charge in [0.05, 0.1) is 0 Å². The molecule has 0 aromatic carbocycles. The lowest BCUT2D eigenvalue weighted by Gasteiger charge is -2.22. The van der Waals surface area contributed by atoms with Crippen LogP contribution in [0.2, 0.25) is 0 Å². The third-order valence-corrected chi connectivity index (χ3v) is 2.51. The number of methoxy groups -OCH3 is 1. The van der Waals surface area contributed by atoms with E-state index in [-0.39, 0.29) is 6.04 Å². The molecule has 4 nitrogen and oxygen atoms in total. The lowest BCUT2D eigenvalue weighted by Crippen LogP contribution is -2.23. The molecule has 1 aromatic rings. The summed E-state index contributed by atoms with van der Waals surface area (Å²) in [5.74, 6) is 0.966. The summed E-state index contributed by atoms with van der Waals surface area (Å²) in [6.07, 6.45) is 2.79. The molecule has 0 spiro atoms. The molecule has 0 aliphatic heterocycles. The van der Waals surface area contributed by atoms with Crippen molar-refractivity contribution in [3.8, 4) is 0 Å². The second-order valence-corrected chi connectivity index (χ2v) is 3.97. The molecule has 90 valence electrons. The van der Waals surface area contributed by atoms with Gasteiger partial charge in [0.1, 0.15) is 5.82 Å². The van der Waals surface area contributed by atoms with Crippen molar-refractivity contribution in [2.45, 2.75) is 19.4 Å². The van der Waals surface area contributed by atoms with Crippen LogP contribution in [0.1, 0.15) is 24.9 Å². The van der Waals surface area contributed by atoms with Gasteiger partial charge < -0.3 is 15.4 Å². The summed E-state index contributed by atoms with van der Waals surface area (Å²) in [6.45, 7) is 3.67. The van der Waals surface area contributed by atoms with Crippen molar-refractivity contribution < 1.29 is 4.74 Å². The van der Waals surface area contributed by atoms with E-state index in [0.717, 1.165) is 31.0 Å². The van der Waals surface area contributed by atoms with Crippen molar-refractivity contribution in [2.75, 3.05) is 32.2 Å². The van der Waals surface area contributed by atoms with Gasteiger partial charge in [0.2, 0.25) is 0 Å².